The average Bonchev–Trinajstić information content (AvgIpc) is 3.52. The van der Waals surface area contributed by atoms with Crippen LogP contribution in [0.1, 0.15) is 41.5 Å². The van der Waals surface area contributed by atoms with Crippen molar-refractivity contribution in [2.45, 2.75) is 52.7 Å². The normalized spacial score (nSPS) is 12.5. The molecule has 8 aromatic rings. The minimum Gasteiger partial charge on any atom is -0.443 e. The summed E-state index contributed by atoms with van der Waals surface area (Å²) >= 11 is 0. The molecule has 4 heterocycles. The number of ether oxygens (including phenoxy) is 2. The first-order valence-corrected chi connectivity index (χ1v) is 15.7. The lowest BCUT2D eigenvalue weighted by molar-refractivity contribution is 0.0539. The molecule has 10 nitrogen and oxygen atoms in total. The Balaban J connectivity index is 1.44. The highest BCUT2D eigenvalue weighted by molar-refractivity contribution is 6.19. The van der Waals surface area contributed by atoms with Gasteiger partial charge in [-0.3, -0.25) is 0 Å². The summed E-state index contributed by atoms with van der Waals surface area (Å²) < 4.78 is 14.6. The summed E-state index contributed by atoms with van der Waals surface area (Å²) in [4.78, 5) is 47.4. The van der Waals surface area contributed by atoms with Crippen molar-refractivity contribution in [2.24, 2.45) is 0 Å². The predicted molar refractivity (Wildman–Crippen MR) is 187 cm³/mol. The highest BCUT2D eigenvalue weighted by Crippen LogP contribution is 2.39. The van der Waals surface area contributed by atoms with Gasteiger partial charge in [-0.05, 0) is 77.4 Å². The highest BCUT2D eigenvalue weighted by atomic mass is 16.6. The average molecular weight is 637 g/mol. The van der Waals surface area contributed by atoms with Crippen molar-refractivity contribution in [1.82, 2.24) is 29.1 Å². The molecule has 0 saturated heterocycles. The fraction of sp³-hybridized carbons (Fsp3) is 0.211. The van der Waals surface area contributed by atoms with Gasteiger partial charge in [-0.15, -0.1) is 0 Å². The molecule has 0 unspecified atom stereocenters. The second-order valence-corrected chi connectivity index (χ2v) is 13.8. The molecule has 48 heavy (non-hydrogen) atoms. The van der Waals surface area contributed by atoms with Crippen molar-refractivity contribution < 1.29 is 19.1 Å². The summed E-state index contributed by atoms with van der Waals surface area (Å²) in [5.74, 6) is 0. The van der Waals surface area contributed by atoms with Gasteiger partial charge >= 0.3 is 12.2 Å². The van der Waals surface area contributed by atoms with Crippen LogP contribution in [0.15, 0.2) is 84.9 Å². The van der Waals surface area contributed by atoms with Crippen LogP contribution in [0.5, 0.6) is 0 Å². The van der Waals surface area contributed by atoms with Gasteiger partial charge in [-0.2, -0.15) is 0 Å². The minimum absolute atomic E-state index is 0.402. The molecule has 0 aliphatic carbocycles. The number of hydrogen-bond acceptors (Lipinski definition) is 8. The number of rotatable bonds is 1. The van der Waals surface area contributed by atoms with E-state index in [0.29, 0.717) is 55.4 Å². The molecule has 0 fully saturated rings. The van der Waals surface area contributed by atoms with Crippen LogP contribution < -0.4 is 0 Å². The molecule has 0 aliphatic heterocycles. The Morgan fingerprint density at radius 3 is 1.75 bits per heavy atom. The van der Waals surface area contributed by atoms with E-state index in [9.17, 15) is 9.59 Å². The van der Waals surface area contributed by atoms with Crippen molar-refractivity contribution in [2.75, 3.05) is 0 Å². The number of carbonyl (C=O) groups is 2. The summed E-state index contributed by atoms with van der Waals surface area (Å²) in [6, 6.07) is 26.7. The number of para-hydroxylation sites is 4. The zero-order chi connectivity index (χ0) is 33.5. The lowest BCUT2D eigenvalue weighted by atomic mass is 9.99. The first-order valence-electron chi connectivity index (χ1n) is 15.7. The molecule has 0 N–H and O–H groups in total. The van der Waals surface area contributed by atoms with Crippen molar-refractivity contribution in [3.05, 3.63) is 84.9 Å². The zero-order valence-corrected chi connectivity index (χ0v) is 27.4. The van der Waals surface area contributed by atoms with E-state index in [4.69, 9.17) is 29.4 Å². The predicted octanol–water partition coefficient (Wildman–Crippen LogP) is 9.02. The van der Waals surface area contributed by atoms with Crippen LogP contribution in [0, 0.1) is 0 Å². The number of hydrogen-bond donors (Lipinski definition) is 0. The molecule has 0 bridgehead atoms. The largest absolute Gasteiger partial charge is 0.443 e. The molecule has 0 amide bonds. The number of fused-ring (bicyclic) bond motifs is 8. The lowest BCUT2D eigenvalue weighted by Crippen LogP contribution is -2.27. The molecule has 0 aliphatic rings. The van der Waals surface area contributed by atoms with E-state index in [2.05, 4.69) is 0 Å². The Morgan fingerprint density at radius 1 is 0.521 bits per heavy atom. The maximum absolute atomic E-state index is 13.8. The van der Waals surface area contributed by atoms with E-state index in [1.165, 1.54) is 9.13 Å². The smallest absolute Gasteiger partial charge is 0.420 e. The van der Waals surface area contributed by atoms with Crippen molar-refractivity contribution in [3.8, 4) is 11.1 Å². The summed E-state index contributed by atoms with van der Waals surface area (Å²) in [7, 11) is 0. The van der Waals surface area contributed by atoms with Gasteiger partial charge in [0.25, 0.3) is 0 Å². The zero-order valence-electron chi connectivity index (χ0n) is 27.4. The van der Waals surface area contributed by atoms with Gasteiger partial charge in [0.2, 0.25) is 0 Å². The topological polar surface area (TPSA) is 114 Å². The Labute approximate surface area is 274 Å². The van der Waals surface area contributed by atoms with Crippen LogP contribution in [0.4, 0.5) is 9.59 Å². The summed E-state index contributed by atoms with van der Waals surface area (Å²) in [5.41, 5.74) is 6.00. The van der Waals surface area contributed by atoms with Gasteiger partial charge in [0.15, 0.2) is 11.3 Å². The Morgan fingerprint density at radius 2 is 1.04 bits per heavy atom. The van der Waals surface area contributed by atoms with Crippen LogP contribution in [0.3, 0.4) is 0 Å². The first-order chi connectivity index (χ1) is 22.9. The molecule has 0 atom stereocenters. The van der Waals surface area contributed by atoms with Crippen LogP contribution in [-0.2, 0) is 9.47 Å². The van der Waals surface area contributed by atoms with Crippen LogP contribution in [0.25, 0.3) is 77.3 Å². The second kappa shape index (κ2) is 10.3. The third-order valence-corrected chi connectivity index (χ3v) is 8.01. The fourth-order valence-electron chi connectivity index (χ4n) is 6.22. The third-order valence-electron chi connectivity index (χ3n) is 8.01. The Hall–Kier alpha value is -5.90. The van der Waals surface area contributed by atoms with Crippen molar-refractivity contribution in [1.29, 1.82) is 0 Å². The maximum atomic E-state index is 13.8. The maximum Gasteiger partial charge on any atom is 0.420 e. The van der Waals surface area contributed by atoms with Crippen LogP contribution >= 0.6 is 0 Å². The van der Waals surface area contributed by atoms with Crippen molar-refractivity contribution in [3.63, 3.8) is 0 Å². The molecular weight excluding hydrogens is 604 g/mol. The first kappa shape index (κ1) is 29.5. The lowest BCUT2D eigenvalue weighted by Gasteiger charge is -2.20. The molecule has 8 rings (SSSR count). The number of aromatic nitrogens is 6. The third kappa shape index (κ3) is 4.71. The van der Waals surface area contributed by atoms with Gasteiger partial charge in [-0.25, -0.2) is 38.7 Å². The molecule has 4 aromatic heterocycles. The van der Waals surface area contributed by atoms with E-state index in [1.54, 1.807) is 0 Å². The van der Waals surface area contributed by atoms with E-state index in [1.807, 2.05) is 126 Å². The Bertz CT molecular complexity index is 2640. The molecule has 238 valence electrons. The molecule has 4 aromatic carbocycles. The number of benzene rings is 4. The number of carbonyl (C=O) groups excluding carboxylic acids is 2. The molecule has 0 saturated carbocycles. The van der Waals surface area contributed by atoms with E-state index in [-0.39, 0.29) is 0 Å². The van der Waals surface area contributed by atoms with Gasteiger partial charge in [-0.1, -0.05) is 54.6 Å². The standard InChI is InChI=1S/C38H32N6O4/c1-37(2,3)47-35(45)43-27-19-10-7-13-23(27)31-33(43)41-26-18-11-15-22(30(26)42-31)21-14-12-20-28-29(21)32-34(44(28)36(46)48-38(4,5)6)40-25-17-9-8-16-24(25)39-32/h7-20H,1-6H3. The minimum atomic E-state index is -0.725. The van der Waals surface area contributed by atoms with E-state index < -0.39 is 23.4 Å². The fourth-order valence-corrected chi connectivity index (χ4v) is 6.22. The van der Waals surface area contributed by atoms with Gasteiger partial charge in [0.1, 0.15) is 22.2 Å². The summed E-state index contributed by atoms with van der Waals surface area (Å²) in [6.45, 7) is 11.0. The van der Waals surface area contributed by atoms with Crippen molar-refractivity contribution >= 4 is 78.4 Å². The second-order valence-electron chi connectivity index (χ2n) is 13.8. The van der Waals surface area contributed by atoms with Crippen LogP contribution in [-0.4, -0.2) is 52.5 Å². The number of nitrogens with zero attached hydrogens (tertiary/aromatic N) is 6. The van der Waals surface area contributed by atoms with Crippen LogP contribution in [0.2, 0.25) is 0 Å². The SMILES string of the molecule is CC(C)(C)OC(=O)n1c2ccccc2c2nc3c(-c4cccc5c4c4nc6ccccc6nc4n5C(=O)OC(C)(C)C)cccc3nc21. The summed E-state index contributed by atoms with van der Waals surface area (Å²) in [5, 5.41) is 1.52. The highest BCUT2D eigenvalue weighted by Gasteiger charge is 2.28. The van der Waals surface area contributed by atoms with Gasteiger partial charge in [0, 0.05) is 16.3 Å². The van der Waals surface area contributed by atoms with E-state index >= 15 is 0 Å². The quantitative estimate of drug-likeness (QED) is 0.175. The molecular formula is C38H32N6O4. The molecule has 0 radical (unpaired) electrons. The summed E-state index contributed by atoms with van der Waals surface area (Å²) in [6.07, 6.45) is -1.07. The van der Waals surface area contributed by atoms with Gasteiger partial charge < -0.3 is 9.47 Å². The van der Waals surface area contributed by atoms with Gasteiger partial charge in [0.05, 0.1) is 33.1 Å². The Kier molecular flexibility index (Phi) is 6.33. The molecule has 10 heteroatoms. The monoisotopic (exact) mass is 636 g/mol. The molecule has 0 spiro atoms. The van der Waals surface area contributed by atoms with E-state index in [0.717, 1.165) is 21.9 Å².